The fourth-order valence-corrected chi connectivity index (χ4v) is 5.23. The second kappa shape index (κ2) is 8.23. The third-order valence-corrected chi connectivity index (χ3v) is 7.67. The van der Waals surface area contributed by atoms with Gasteiger partial charge in [0.05, 0.1) is 4.90 Å². The highest BCUT2D eigenvalue weighted by Crippen LogP contribution is 2.23. The molecule has 0 N–H and O–H groups in total. The molecule has 29 heavy (non-hydrogen) atoms. The van der Waals surface area contributed by atoms with E-state index in [-0.39, 0.29) is 4.90 Å². The van der Waals surface area contributed by atoms with Gasteiger partial charge in [-0.15, -0.1) is 10.2 Å². The molecule has 156 valence electrons. The van der Waals surface area contributed by atoms with Crippen LogP contribution in [0.3, 0.4) is 0 Å². The Kier molecular flexibility index (Phi) is 5.69. The first kappa shape index (κ1) is 20.0. The van der Waals surface area contributed by atoms with E-state index in [9.17, 15) is 12.8 Å². The van der Waals surface area contributed by atoms with Gasteiger partial charge in [0.2, 0.25) is 10.0 Å². The zero-order chi connectivity index (χ0) is 20.4. The second-order valence-electron chi connectivity index (χ2n) is 7.76. The number of rotatable bonds is 4. The van der Waals surface area contributed by atoms with Crippen LogP contribution in [0.2, 0.25) is 0 Å². The van der Waals surface area contributed by atoms with Gasteiger partial charge in [-0.1, -0.05) is 6.92 Å². The lowest BCUT2D eigenvalue weighted by Crippen LogP contribution is -2.49. The van der Waals surface area contributed by atoms with E-state index in [1.807, 2.05) is 17.0 Å². The summed E-state index contributed by atoms with van der Waals surface area (Å²) in [6.45, 7) is 6.08. The largest absolute Gasteiger partial charge is 0.355 e. The van der Waals surface area contributed by atoms with Gasteiger partial charge in [-0.25, -0.2) is 12.8 Å². The highest BCUT2D eigenvalue weighted by atomic mass is 32.2. The predicted octanol–water partition coefficient (Wildman–Crippen LogP) is 2.36. The van der Waals surface area contributed by atoms with Crippen LogP contribution >= 0.6 is 0 Å². The Morgan fingerprint density at radius 2 is 1.34 bits per heavy atom. The number of hydrogen-bond acceptors (Lipinski definition) is 6. The van der Waals surface area contributed by atoms with Gasteiger partial charge in [-0.2, -0.15) is 4.31 Å². The zero-order valence-electron chi connectivity index (χ0n) is 16.5. The van der Waals surface area contributed by atoms with Crippen molar-refractivity contribution in [3.8, 4) is 0 Å². The lowest BCUT2D eigenvalue weighted by atomic mass is 9.99. The van der Waals surface area contributed by atoms with Gasteiger partial charge < -0.3 is 9.80 Å². The van der Waals surface area contributed by atoms with Crippen molar-refractivity contribution in [1.29, 1.82) is 0 Å². The Balaban J connectivity index is 1.37. The van der Waals surface area contributed by atoms with E-state index in [1.165, 1.54) is 41.4 Å². The summed E-state index contributed by atoms with van der Waals surface area (Å²) in [5.74, 6) is 1.98. The van der Waals surface area contributed by atoms with Crippen molar-refractivity contribution in [1.82, 2.24) is 14.5 Å². The van der Waals surface area contributed by atoms with E-state index in [4.69, 9.17) is 0 Å². The maximum Gasteiger partial charge on any atom is 0.243 e. The van der Waals surface area contributed by atoms with Gasteiger partial charge in [0.15, 0.2) is 11.6 Å². The molecule has 0 saturated carbocycles. The first-order chi connectivity index (χ1) is 13.9. The number of anilines is 2. The van der Waals surface area contributed by atoms with Crippen LogP contribution in [0.4, 0.5) is 16.0 Å². The second-order valence-corrected chi connectivity index (χ2v) is 9.70. The number of halogens is 1. The molecule has 0 aliphatic carbocycles. The van der Waals surface area contributed by atoms with E-state index >= 15 is 0 Å². The number of piperidine rings is 1. The first-order valence-electron chi connectivity index (χ1n) is 10.0. The third-order valence-electron chi connectivity index (χ3n) is 5.76. The van der Waals surface area contributed by atoms with Gasteiger partial charge in [0, 0.05) is 39.3 Å². The number of piperazine rings is 1. The number of aromatic nitrogens is 2. The van der Waals surface area contributed by atoms with Gasteiger partial charge in [0.25, 0.3) is 0 Å². The Hall–Kier alpha value is -2.26. The van der Waals surface area contributed by atoms with Crippen LogP contribution in [0, 0.1) is 11.7 Å². The van der Waals surface area contributed by atoms with Crippen LogP contribution in [0.25, 0.3) is 0 Å². The smallest absolute Gasteiger partial charge is 0.243 e. The normalized spacial score (nSPS) is 19.5. The molecule has 1 aromatic carbocycles. The van der Waals surface area contributed by atoms with Crippen molar-refractivity contribution in [2.75, 3.05) is 49.1 Å². The average molecular weight is 420 g/mol. The zero-order valence-corrected chi connectivity index (χ0v) is 17.4. The topological polar surface area (TPSA) is 69.6 Å². The summed E-state index contributed by atoms with van der Waals surface area (Å²) in [7, 11) is -3.61. The quantitative estimate of drug-likeness (QED) is 0.758. The van der Waals surface area contributed by atoms with E-state index in [2.05, 4.69) is 22.0 Å². The van der Waals surface area contributed by atoms with Crippen molar-refractivity contribution in [2.24, 2.45) is 5.92 Å². The summed E-state index contributed by atoms with van der Waals surface area (Å²) in [4.78, 5) is 4.43. The predicted molar refractivity (Wildman–Crippen MR) is 110 cm³/mol. The standard InChI is InChI=1S/C20H26FN5O2S/c1-16-8-10-24(11-9-16)19-6-7-20(23-22-19)25-12-14-26(15-13-25)29(27,28)18-4-2-17(21)3-5-18/h2-7,16H,8-15H2,1H3. The molecule has 0 radical (unpaired) electrons. The highest BCUT2D eigenvalue weighted by molar-refractivity contribution is 7.89. The van der Waals surface area contributed by atoms with Crippen LogP contribution in [-0.4, -0.2) is 62.2 Å². The SMILES string of the molecule is CC1CCN(c2ccc(N3CCN(S(=O)(=O)c4ccc(F)cc4)CC3)nn2)CC1. The molecule has 2 fully saturated rings. The fourth-order valence-electron chi connectivity index (χ4n) is 3.81. The number of nitrogens with zero attached hydrogens (tertiary/aromatic N) is 5. The Morgan fingerprint density at radius 1 is 0.828 bits per heavy atom. The van der Waals surface area contributed by atoms with Crippen LogP contribution < -0.4 is 9.80 Å². The summed E-state index contributed by atoms with van der Waals surface area (Å²) >= 11 is 0. The van der Waals surface area contributed by atoms with Gasteiger partial charge in [0.1, 0.15) is 5.82 Å². The minimum absolute atomic E-state index is 0.118. The molecule has 0 bridgehead atoms. The Morgan fingerprint density at radius 3 is 1.86 bits per heavy atom. The minimum atomic E-state index is -3.61. The van der Waals surface area contributed by atoms with Crippen LogP contribution in [-0.2, 0) is 10.0 Å². The summed E-state index contributed by atoms with van der Waals surface area (Å²) < 4.78 is 40.0. The molecule has 2 aromatic rings. The summed E-state index contributed by atoms with van der Waals surface area (Å²) in [5, 5.41) is 8.77. The van der Waals surface area contributed by atoms with Crippen molar-refractivity contribution >= 4 is 21.7 Å². The molecular formula is C20H26FN5O2S. The van der Waals surface area contributed by atoms with Crippen molar-refractivity contribution < 1.29 is 12.8 Å². The number of hydrogen-bond donors (Lipinski definition) is 0. The molecule has 0 unspecified atom stereocenters. The Labute approximate surface area is 171 Å². The van der Waals surface area contributed by atoms with Crippen LogP contribution in [0.5, 0.6) is 0 Å². The Bertz CT molecular complexity index is 920. The highest BCUT2D eigenvalue weighted by Gasteiger charge is 2.29. The van der Waals surface area contributed by atoms with Gasteiger partial charge in [-0.3, -0.25) is 0 Å². The van der Waals surface area contributed by atoms with E-state index in [1.54, 1.807) is 0 Å². The number of sulfonamides is 1. The molecule has 3 heterocycles. The van der Waals surface area contributed by atoms with Crippen molar-refractivity contribution in [3.63, 3.8) is 0 Å². The molecule has 9 heteroatoms. The molecule has 4 rings (SSSR count). The molecule has 0 spiro atoms. The molecule has 2 saturated heterocycles. The summed E-state index contributed by atoms with van der Waals surface area (Å²) in [6.07, 6.45) is 2.35. The van der Waals surface area contributed by atoms with Gasteiger partial charge >= 0.3 is 0 Å². The van der Waals surface area contributed by atoms with Crippen molar-refractivity contribution in [2.45, 2.75) is 24.7 Å². The van der Waals surface area contributed by atoms with Crippen LogP contribution in [0.15, 0.2) is 41.3 Å². The molecule has 2 aliphatic rings. The monoisotopic (exact) mass is 419 g/mol. The lowest BCUT2D eigenvalue weighted by Gasteiger charge is -2.35. The van der Waals surface area contributed by atoms with Gasteiger partial charge in [-0.05, 0) is 55.2 Å². The first-order valence-corrected chi connectivity index (χ1v) is 11.5. The fraction of sp³-hybridized carbons (Fsp3) is 0.500. The molecule has 1 aromatic heterocycles. The van der Waals surface area contributed by atoms with Crippen molar-refractivity contribution in [3.05, 3.63) is 42.2 Å². The molecule has 0 amide bonds. The average Bonchev–Trinajstić information content (AvgIpc) is 2.75. The lowest BCUT2D eigenvalue weighted by molar-refractivity contribution is 0.383. The molecule has 7 nitrogen and oxygen atoms in total. The molecule has 2 aliphatic heterocycles. The maximum absolute atomic E-state index is 13.1. The molecular weight excluding hydrogens is 393 g/mol. The van der Waals surface area contributed by atoms with E-state index in [0.717, 1.165) is 30.6 Å². The summed E-state index contributed by atoms with van der Waals surface area (Å²) in [5.41, 5.74) is 0. The third kappa shape index (κ3) is 4.35. The van der Waals surface area contributed by atoms with Crippen LogP contribution in [0.1, 0.15) is 19.8 Å². The summed E-state index contributed by atoms with van der Waals surface area (Å²) in [6, 6.07) is 8.92. The number of benzene rings is 1. The van der Waals surface area contributed by atoms with E-state index in [0.29, 0.717) is 26.2 Å². The molecule has 0 atom stereocenters. The van der Waals surface area contributed by atoms with E-state index < -0.39 is 15.8 Å². The minimum Gasteiger partial charge on any atom is -0.355 e. The maximum atomic E-state index is 13.1.